The van der Waals surface area contributed by atoms with Crippen molar-refractivity contribution in [3.05, 3.63) is 58.9 Å². The van der Waals surface area contributed by atoms with Gasteiger partial charge in [-0.15, -0.1) is 0 Å². The van der Waals surface area contributed by atoms with Gasteiger partial charge in [-0.3, -0.25) is 4.79 Å². The first-order chi connectivity index (χ1) is 14.3. The summed E-state index contributed by atoms with van der Waals surface area (Å²) in [5.41, 5.74) is 5.62. The van der Waals surface area contributed by atoms with Crippen LogP contribution in [0.25, 0.3) is 0 Å². The van der Waals surface area contributed by atoms with Crippen LogP contribution in [0.15, 0.2) is 41.5 Å². The van der Waals surface area contributed by atoms with Crippen molar-refractivity contribution in [3.8, 4) is 5.75 Å². The van der Waals surface area contributed by atoms with Crippen molar-refractivity contribution in [2.24, 2.45) is 5.10 Å². The van der Waals surface area contributed by atoms with Crippen LogP contribution in [0.5, 0.6) is 5.75 Å². The lowest BCUT2D eigenvalue weighted by Crippen LogP contribution is -2.48. The summed E-state index contributed by atoms with van der Waals surface area (Å²) in [6, 6.07) is 9.95. The van der Waals surface area contributed by atoms with Crippen LogP contribution in [0.4, 0.5) is 10.1 Å². The summed E-state index contributed by atoms with van der Waals surface area (Å²) < 4.78 is 19.4. The van der Waals surface area contributed by atoms with Gasteiger partial charge < -0.3 is 9.64 Å². The number of ether oxygens (including phenoxy) is 1. The number of nitrogens with one attached hydrogen (secondary N) is 1. The lowest BCUT2D eigenvalue weighted by atomic mass is 9.79. The predicted molar refractivity (Wildman–Crippen MR) is 119 cm³/mol. The van der Waals surface area contributed by atoms with E-state index in [0.717, 1.165) is 24.9 Å². The lowest BCUT2D eigenvalue weighted by molar-refractivity contribution is 0.0951. The molecule has 0 radical (unpaired) electrons. The van der Waals surface area contributed by atoms with E-state index in [1.165, 1.54) is 29.4 Å². The van der Waals surface area contributed by atoms with Crippen LogP contribution in [0.3, 0.4) is 0 Å². The molecule has 1 unspecified atom stereocenters. The molecule has 1 N–H and O–H groups in total. The van der Waals surface area contributed by atoms with E-state index in [9.17, 15) is 9.18 Å². The fourth-order valence-corrected chi connectivity index (χ4v) is 4.32. The maximum Gasteiger partial charge on any atom is 0.274 e. The minimum Gasteiger partial charge on any atom is -0.496 e. The van der Waals surface area contributed by atoms with Gasteiger partial charge in [0.15, 0.2) is 0 Å². The van der Waals surface area contributed by atoms with Crippen LogP contribution < -0.4 is 15.1 Å². The van der Waals surface area contributed by atoms with Gasteiger partial charge in [0.2, 0.25) is 0 Å². The Labute approximate surface area is 177 Å². The zero-order valence-corrected chi connectivity index (χ0v) is 18.3. The number of carbonyl (C=O) groups excluding carboxylic acids is 1. The molecule has 1 amide bonds. The second kappa shape index (κ2) is 8.86. The second-order valence-electron chi connectivity index (χ2n) is 8.40. The highest BCUT2D eigenvalue weighted by Gasteiger charge is 2.36. The molecule has 1 heterocycles. The van der Waals surface area contributed by atoms with Crippen molar-refractivity contribution >= 4 is 17.8 Å². The Morgan fingerprint density at radius 1 is 1.37 bits per heavy atom. The zero-order chi connectivity index (χ0) is 21.9. The summed E-state index contributed by atoms with van der Waals surface area (Å²) in [5.74, 6) is -0.104. The normalized spacial score (nSPS) is 17.7. The zero-order valence-electron chi connectivity index (χ0n) is 18.3. The molecule has 2 aromatic carbocycles. The number of hydrazone groups is 1. The number of halogens is 1. The maximum atomic E-state index is 13.8. The van der Waals surface area contributed by atoms with Crippen LogP contribution in [-0.4, -0.2) is 31.3 Å². The molecule has 0 bridgehead atoms. The van der Waals surface area contributed by atoms with E-state index < -0.39 is 11.7 Å². The van der Waals surface area contributed by atoms with E-state index in [2.05, 4.69) is 55.3 Å². The molecule has 6 heteroatoms. The van der Waals surface area contributed by atoms with Crippen molar-refractivity contribution < 1.29 is 13.9 Å². The fourth-order valence-electron chi connectivity index (χ4n) is 4.32. The van der Waals surface area contributed by atoms with Gasteiger partial charge in [0.05, 0.1) is 18.9 Å². The van der Waals surface area contributed by atoms with Crippen LogP contribution in [0.1, 0.15) is 67.9 Å². The summed E-state index contributed by atoms with van der Waals surface area (Å²) in [6.07, 6.45) is 3.66. The summed E-state index contributed by atoms with van der Waals surface area (Å²) in [7, 11) is 1.62. The van der Waals surface area contributed by atoms with Crippen molar-refractivity contribution in [2.75, 3.05) is 18.6 Å². The molecular formula is C24H30FN3O2. The Kier molecular flexibility index (Phi) is 6.44. The Balaban J connectivity index is 1.90. The molecule has 3 rings (SSSR count). The highest BCUT2D eigenvalue weighted by Crippen LogP contribution is 2.45. The van der Waals surface area contributed by atoms with Gasteiger partial charge in [-0.25, -0.2) is 9.82 Å². The summed E-state index contributed by atoms with van der Waals surface area (Å²) in [6.45, 7) is 9.95. The van der Waals surface area contributed by atoms with Gasteiger partial charge in [-0.2, -0.15) is 5.10 Å². The Bertz CT molecular complexity index is 955. The molecule has 1 atom stereocenters. The highest BCUT2D eigenvalue weighted by molar-refractivity contribution is 5.95. The molecule has 2 aromatic rings. The van der Waals surface area contributed by atoms with Gasteiger partial charge in [-0.1, -0.05) is 26.0 Å². The maximum absolute atomic E-state index is 13.8. The lowest BCUT2D eigenvalue weighted by Gasteiger charge is -2.47. The predicted octanol–water partition coefficient (Wildman–Crippen LogP) is 5.10. The quantitative estimate of drug-likeness (QED) is 0.531. The molecule has 1 aliphatic heterocycles. The SMILES string of the molecule is CCCN1c2cc(OC)c(/C=N\NC(=O)c3ccccc3F)cc2C(C)CC1(C)C. The molecule has 0 aromatic heterocycles. The molecule has 0 fully saturated rings. The van der Waals surface area contributed by atoms with E-state index in [1.807, 2.05) is 0 Å². The smallest absolute Gasteiger partial charge is 0.274 e. The van der Waals surface area contributed by atoms with E-state index in [-0.39, 0.29) is 11.1 Å². The first-order valence-corrected chi connectivity index (χ1v) is 10.4. The second-order valence-corrected chi connectivity index (χ2v) is 8.40. The Morgan fingerprint density at radius 2 is 2.10 bits per heavy atom. The molecule has 0 aliphatic carbocycles. The standard InChI is InChI=1S/C24H30FN3O2/c1-6-11-28-21-13-22(30-5)17(12-19(21)16(2)14-24(28,3)4)15-26-27-23(29)18-9-7-8-10-20(18)25/h7-10,12-13,15-16H,6,11,14H2,1-5H3,(H,27,29)/b26-15-. The minimum absolute atomic E-state index is 0.0434. The Hall–Kier alpha value is -2.89. The Morgan fingerprint density at radius 3 is 2.77 bits per heavy atom. The van der Waals surface area contributed by atoms with Crippen molar-refractivity contribution in [1.29, 1.82) is 0 Å². The first-order valence-electron chi connectivity index (χ1n) is 10.4. The van der Waals surface area contributed by atoms with E-state index in [1.54, 1.807) is 19.4 Å². The van der Waals surface area contributed by atoms with E-state index >= 15 is 0 Å². The van der Waals surface area contributed by atoms with E-state index in [0.29, 0.717) is 11.7 Å². The molecular weight excluding hydrogens is 381 g/mol. The van der Waals surface area contributed by atoms with Gasteiger partial charge in [0.25, 0.3) is 5.91 Å². The number of benzene rings is 2. The van der Waals surface area contributed by atoms with Crippen LogP contribution in [0, 0.1) is 5.82 Å². The minimum atomic E-state index is -0.592. The van der Waals surface area contributed by atoms with Gasteiger partial charge in [-0.05, 0) is 56.4 Å². The molecule has 1 aliphatic rings. The summed E-state index contributed by atoms with van der Waals surface area (Å²) in [5, 5.41) is 4.04. The molecule has 5 nitrogen and oxygen atoms in total. The molecule has 30 heavy (non-hydrogen) atoms. The average Bonchev–Trinajstić information content (AvgIpc) is 2.70. The third-order valence-corrected chi connectivity index (χ3v) is 5.67. The topological polar surface area (TPSA) is 53.9 Å². The number of carbonyl (C=O) groups is 1. The van der Waals surface area contributed by atoms with E-state index in [4.69, 9.17) is 4.74 Å². The monoisotopic (exact) mass is 411 g/mol. The fraction of sp³-hybridized carbons (Fsp3) is 0.417. The van der Waals surface area contributed by atoms with Crippen molar-refractivity contribution in [3.63, 3.8) is 0 Å². The van der Waals surface area contributed by atoms with Crippen molar-refractivity contribution in [1.82, 2.24) is 5.43 Å². The number of amides is 1. The third kappa shape index (κ3) is 4.32. The van der Waals surface area contributed by atoms with Crippen LogP contribution in [0.2, 0.25) is 0 Å². The number of nitrogens with zero attached hydrogens (tertiary/aromatic N) is 2. The summed E-state index contributed by atoms with van der Waals surface area (Å²) >= 11 is 0. The average molecular weight is 412 g/mol. The summed E-state index contributed by atoms with van der Waals surface area (Å²) in [4.78, 5) is 14.6. The number of rotatable bonds is 6. The number of hydrogen-bond acceptors (Lipinski definition) is 4. The van der Waals surface area contributed by atoms with Crippen LogP contribution >= 0.6 is 0 Å². The number of fused-ring (bicyclic) bond motifs is 1. The molecule has 160 valence electrons. The van der Waals surface area contributed by atoms with Crippen LogP contribution in [-0.2, 0) is 0 Å². The highest BCUT2D eigenvalue weighted by atomic mass is 19.1. The molecule has 0 saturated heterocycles. The largest absolute Gasteiger partial charge is 0.496 e. The number of hydrogen-bond donors (Lipinski definition) is 1. The third-order valence-electron chi connectivity index (χ3n) is 5.67. The van der Waals surface area contributed by atoms with Crippen molar-refractivity contribution in [2.45, 2.75) is 52.0 Å². The van der Waals surface area contributed by atoms with Gasteiger partial charge in [0.1, 0.15) is 11.6 Å². The van der Waals surface area contributed by atoms with Gasteiger partial charge in [0, 0.05) is 29.4 Å². The number of anilines is 1. The van der Waals surface area contributed by atoms with Gasteiger partial charge >= 0.3 is 0 Å². The molecule has 0 saturated carbocycles. The number of methoxy groups -OCH3 is 1. The molecule has 0 spiro atoms. The first kappa shape index (κ1) is 21.8.